The number of anilines is 2. The second-order valence-electron chi connectivity index (χ2n) is 4.96. The lowest BCUT2D eigenvalue weighted by molar-refractivity contribution is 0.607. The maximum Gasteiger partial charge on any atom is 0.276 e. The Morgan fingerprint density at radius 3 is 2.75 bits per heavy atom. The van der Waals surface area contributed by atoms with Crippen LogP contribution in [0.25, 0.3) is 10.9 Å². The molecule has 2 N–H and O–H groups in total. The summed E-state index contributed by atoms with van der Waals surface area (Å²) in [5.41, 5.74) is 1.76. The van der Waals surface area contributed by atoms with Gasteiger partial charge in [-0.2, -0.15) is 8.42 Å². The molecule has 3 rings (SSSR count). The highest BCUT2D eigenvalue weighted by Gasteiger charge is 2.16. The molecule has 8 heteroatoms. The van der Waals surface area contributed by atoms with E-state index in [1.165, 1.54) is 6.33 Å². The number of sulfonamides is 1. The van der Waals surface area contributed by atoms with E-state index in [2.05, 4.69) is 42.5 Å². The molecule has 0 aliphatic carbocycles. The summed E-state index contributed by atoms with van der Waals surface area (Å²) in [6.45, 7) is 3.61. The molecule has 0 saturated carbocycles. The van der Waals surface area contributed by atoms with Crippen LogP contribution in [0.2, 0.25) is 0 Å². The minimum atomic E-state index is -3.80. The van der Waals surface area contributed by atoms with E-state index < -0.39 is 10.0 Å². The molecule has 0 aliphatic rings. The highest BCUT2D eigenvalue weighted by atomic mass is 79.9. The van der Waals surface area contributed by atoms with Gasteiger partial charge < -0.3 is 5.32 Å². The van der Waals surface area contributed by atoms with E-state index in [1.807, 2.05) is 6.07 Å². The minimum Gasteiger partial charge on any atom is -0.345 e. The largest absolute Gasteiger partial charge is 0.345 e. The summed E-state index contributed by atoms with van der Waals surface area (Å²) in [5, 5.41) is 3.37. The number of fused-ring (bicyclic) bond motifs is 1. The Hall–Kier alpha value is -2.45. The number of hydrogen-bond acceptors (Lipinski definition) is 5. The fourth-order valence-electron chi connectivity index (χ4n) is 2.06. The van der Waals surface area contributed by atoms with E-state index in [1.54, 1.807) is 42.6 Å². The van der Waals surface area contributed by atoms with Gasteiger partial charge in [-0.3, -0.25) is 4.72 Å². The Labute approximate surface area is 147 Å². The molecule has 0 fully saturated rings. The second kappa shape index (κ2) is 6.58. The Bertz CT molecular complexity index is 1020. The van der Waals surface area contributed by atoms with Gasteiger partial charge in [0, 0.05) is 27.4 Å². The van der Waals surface area contributed by atoms with Crippen LogP contribution in [-0.4, -0.2) is 18.4 Å². The van der Waals surface area contributed by atoms with Crippen LogP contribution >= 0.6 is 15.9 Å². The van der Waals surface area contributed by atoms with Gasteiger partial charge in [-0.25, -0.2) is 9.97 Å². The van der Waals surface area contributed by atoms with E-state index >= 15 is 0 Å². The van der Waals surface area contributed by atoms with Crippen molar-refractivity contribution >= 4 is 48.2 Å². The van der Waals surface area contributed by atoms with Crippen molar-refractivity contribution in [3.05, 3.63) is 71.1 Å². The highest BCUT2D eigenvalue weighted by Crippen LogP contribution is 2.21. The monoisotopic (exact) mass is 404 g/mol. The quantitative estimate of drug-likeness (QED) is 0.676. The van der Waals surface area contributed by atoms with Crippen LogP contribution in [0.1, 0.15) is 0 Å². The molecule has 122 valence electrons. The molecular weight excluding hydrogens is 392 g/mol. The third-order valence-electron chi connectivity index (χ3n) is 3.19. The molecule has 0 radical (unpaired) electrons. The third kappa shape index (κ3) is 3.72. The average Bonchev–Trinajstić information content (AvgIpc) is 2.54. The number of rotatable bonds is 5. The van der Waals surface area contributed by atoms with Gasteiger partial charge in [0.05, 0.1) is 5.52 Å². The summed E-state index contributed by atoms with van der Waals surface area (Å²) in [4.78, 5) is 8.02. The zero-order valence-corrected chi connectivity index (χ0v) is 14.8. The molecule has 1 heterocycles. The lowest BCUT2D eigenvalue weighted by Crippen LogP contribution is -2.19. The zero-order chi connectivity index (χ0) is 17.2. The van der Waals surface area contributed by atoms with Crippen LogP contribution in [0.5, 0.6) is 0 Å². The summed E-state index contributed by atoms with van der Waals surface area (Å²) >= 11 is 3.33. The fraction of sp³-hybridized carbons (Fsp3) is 0. The molecule has 0 atom stereocenters. The highest BCUT2D eigenvalue weighted by molar-refractivity contribution is 9.10. The van der Waals surface area contributed by atoms with E-state index in [0.29, 0.717) is 11.4 Å². The molecule has 0 unspecified atom stereocenters. The van der Waals surface area contributed by atoms with Crippen molar-refractivity contribution in [2.75, 3.05) is 10.0 Å². The smallest absolute Gasteiger partial charge is 0.276 e. The number of hydrogen-bond donors (Lipinski definition) is 2. The van der Waals surface area contributed by atoms with Crippen molar-refractivity contribution < 1.29 is 8.42 Å². The molecule has 3 aromatic rings. The summed E-state index contributed by atoms with van der Waals surface area (Å²) in [6.07, 6.45) is 3.06. The van der Waals surface area contributed by atoms with Gasteiger partial charge in [0.2, 0.25) is 0 Å². The SMILES string of the molecule is C=C(Nc1cccc(Br)c1)S(=O)(=O)Nc1ccc2ncncc2c1. The summed E-state index contributed by atoms with van der Waals surface area (Å²) < 4.78 is 28.1. The standard InChI is InChI=1S/C16H13BrN4O2S/c1-11(20-14-4-2-3-13(17)8-14)24(22,23)21-15-5-6-16-12(7-15)9-18-10-19-16/h2-10,20-21H,1H2. The van der Waals surface area contributed by atoms with Gasteiger partial charge >= 0.3 is 0 Å². The van der Waals surface area contributed by atoms with Crippen LogP contribution in [0.15, 0.2) is 71.1 Å². The normalized spacial score (nSPS) is 11.2. The number of halogens is 1. The molecule has 0 bridgehead atoms. The Morgan fingerprint density at radius 1 is 1.12 bits per heavy atom. The predicted octanol–water partition coefficient (Wildman–Crippen LogP) is 3.72. The predicted molar refractivity (Wildman–Crippen MR) is 99.0 cm³/mol. The van der Waals surface area contributed by atoms with Crippen LogP contribution in [0, 0.1) is 0 Å². The molecule has 2 aromatic carbocycles. The lowest BCUT2D eigenvalue weighted by atomic mass is 10.2. The first-order chi connectivity index (χ1) is 11.4. The molecule has 0 amide bonds. The van der Waals surface area contributed by atoms with E-state index in [4.69, 9.17) is 0 Å². The summed E-state index contributed by atoms with van der Waals surface area (Å²) in [6, 6.07) is 12.2. The van der Waals surface area contributed by atoms with Gasteiger partial charge in [-0.15, -0.1) is 0 Å². The molecule has 0 saturated heterocycles. The molecular formula is C16H13BrN4O2S. The van der Waals surface area contributed by atoms with Gasteiger partial charge in [0.1, 0.15) is 11.4 Å². The van der Waals surface area contributed by atoms with E-state index in [-0.39, 0.29) is 5.03 Å². The van der Waals surface area contributed by atoms with Crippen molar-refractivity contribution in [1.82, 2.24) is 9.97 Å². The van der Waals surface area contributed by atoms with Crippen molar-refractivity contribution in [2.45, 2.75) is 0 Å². The second-order valence-corrected chi connectivity index (χ2v) is 7.58. The maximum atomic E-state index is 12.4. The van der Waals surface area contributed by atoms with E-state index in [0.717, 1.165) is 15.4 Å². The van der Waals surface area contributed by atoms with Crippen LogP contribution in [0.3, 0.4) is 0 Å². The van der Waals surface area contributed by atoms with Gasteiger partial charge in [-0.1, -0.05) is 28.6 Å². The van der Waals surface area contributed by atoms with Crippen LogP contribution in [-0.2, 0) is 10.0 Å². The number of benzene rings is 2. The topological polar surface area (TPSA) is 84.0 Å². The van der Waals surface area contributed by atoms with Crippen molar-refractivity contribution in [2.24, 2.45) is 0 Å². The summed E-state index contributed by atoms with van der Waals surface area (Å²) in [7, 11) is -3.80. The molecule has 6 nitrogen and oxygen atoms in total. The molecule has 0 spiro atoms. The van der Waals surface area contributed by atoms with Gasteiger partial charge in [0.15, 0.2) is 0 Å². The third-order valence-corrected chi connectivity index (χ3v) is 4.94. The first-order valence-corrected chi connectivity index (χ1v) is 9.16. The van der Waals surface area contributed by atoms with Crippen molar-refractivity contribution in [3.63, 3.8) is 0 Å². The molecule has 1 aromatic heterocycles. The minimum absolute atomic E-state index is 0.148. The number of nitrogens with zero attached hydrogens (tertiary/aromatic N) is 2. The van der Waals surface area contributed by atoms with Crippen molar-refractivity contribution in [3.8, 4) is 0 Å². The van der Waals surface area contributed by atoms with Gasteiger partial charge in [0.25, 0.3) is 10.0 Å². The Morgan fingerprint density at radius 2 is 1.96 bits per heavy atom. The van der Waals surface area contributed by atoms with Gasteiger partial charge in [-0.05, 0) is 36.4 Å². The Kier molecular flexibility index (Phi) is 4.50. The zero-order valence-electron chi connectivity index (χ0n) is 12.4. The van der Waals surface area contributed by atoms with Crippen molar-refractivity contribution in [1.29, 1.82) is 0 Å². The lowest BCUT2D eigenvalue weighted by Gasteiger charge is -2.13. The van der Waals surface area contributed by atoms with Crippen LogP contribution < -0.4 is 10.0 Å². The Balaban J connectivity index is 1.80. The van der Waals surface area contributed by atoms with Crippen LogP contribution in [0.4, 0.5) is 11.4 Å². The van der Waals surface area contributed by atoms with E-state index in [9.17, 15) is 8.42 Å². The summed E-state index contributed by atoms with van der Waals surface area (Å²) in [5.74, 6) is 0. The first-order valence-electron chi connectivity index (χ1n) is 6.88. The fourth-order valence-corrected chi connectivity index (χ4v) is 3.27. The number of nitrogens with one attached hydrogen (secondary N) is 2. The molecule has 0 aliphatic heterocycles. The average molecular weight is 405 g/mol. The maximum absolute atomic E-state index is 12.4. The molecule has 24 heavy (non-hydrogen) atoms. The number of aromatic nitrogens is 2. The first kappa shape index (κ1) is 16.4.